The van der Waals surface area contributed by atoms with E-state index >= 15 is 0 Å². The minimum atomic E-state index is -5.20. The number of hydrogen-bond acceptors (Lipinski definition) is 1. The third kappa shape index (κ3) is 4.85. The molecule has 158 valence electrons. The van der Waals surface area contributed by atoms with Crippen LogP contribution in [0.4, 0.5) is 30.7 Å². The van der Waals surface area contributed by atoms with E-state index in [2.05, 4.69) is 4.74 Å². The van der Waals surface area contributed by atoms with E-state index < -0.39 is 35.4 Å². The van der Waals surface area contributed by atoms with Gasteiger partial charge in [0, 0.05) is 5.56 Å². The minimum absolute atomic E-state index is 0.00781. The minimum Gasteiger partial charge on any atom is -0.399 e. The fourth-order valence-electron chi connectivity index (χ4n) is 3.81. The lowest BCUT2D eigenvalue weighted by Gasteiger charge is -2.26. The van der Waals surface area contributed by atoms with Crippen molar-refractivity contribution in [2.45, 2.75) is 51.8 Å². The van der Waals surface area contributed by atoms with Crippen molar-refractivity contribution in [3.8, 4) is 5.75 Å². The molecule has 29 heavy (non-hydrogen) atoms. The summed E-state index contributed by atoms with van der Waals surface area (Å²) >= 11 is 0. The predicted molar refractivity (Wildman–Crippen MR) is 92.6 cm³/mol. The summed E-state index contributed by atoms with van der Waals surface area (Å²) in [6.07, 6.45) is -3.45. The Balaban J connectivity index is 1.74. The van der Waals surface area contributed by atoms with Crippen LogP contribution in [0.25, 0.3) is 0 Å². The summed E-state index contributed by atoms with van der Waals surface area (Å²) in [4.78, 5) is 0. The summed E-state index contributed by atoms with van der Waals surface area (Å²) in [5.41, 5.74) is 0.775. The van der Waals surface area contributed by atoms with Gasteiger partial charge in [0.1, 0.15) is 11.6 Å². The number of hydrogen-bond donors (Lipinski definition) is 0. The standard InChI is InChI=1S/C21H19F7O/c1-2-11-8-16(22)15(17(23)9-11)6-4-12-3-5-14-13(7-12)10-18(24)20(19(14)25)29-21(26,27)28/h8-10,12H,2-7H2,1H3. The lowest BCUT2D eigenvalue weighted by molar-refractivity contribution is -0.276. The van der Waals surface area contributed by atoms with Crippen LogP contribution in [-0.4, -0.2) is 6.36 Å². The highest BCUT2D eigenvalue weighted by Gasteiger charge is 2.36. The summed E-state index contributed by atoms with van der Waals surface area (Å²) in [5, 5.41) is 0. The SMILES string of the molecule is CCc1cc(F)c(CCC2CCc3c(cc(F)c(OC(F)(F)F)c3F)C2)c(F)c1. The Kier molecular flexibility index (Phi) is 6.10. The van der Waals surface area contributed by atoms with Gasteiger partial charge in [-0.15, -0.1) is 13.2 Å². The molecule has 2 aromatic carbocycles. The molecule has 0 saturated carbocycles. The van der Waals surface area contributed by atoms with Gasteiger partial charge in [-0.1, -0.05) is 6.92 Å². The molecule has 0 aromatic heterocycles. The lowest BCUT2D eigenvalue weighted by atomic mass is 9.80. The second-order valence-electron chi connectivity index (χ2n) is 7.23. The Morgan fingerprint density at radius 3 is 2.24 bits per heavy atom. The summed E-state index contributed by atoms with van der Waals surface area (Å²) < 4.78 is 97.1. The zero-order valence-corrected chi connectivity index (χ0v) is 15.6. The van der Waals surface area contributed by atoms with Gasteiger partial charge in [0.25, 0.3) is 0 Å². The van der Waals surface area contributed by atoms with Crippen LogP contribution < -0.4 is 4.74 Å². The molecular weight excluding hydrogens is 401 g/mol. The van der Waals surface area contributed by atoms with Gasteiger partial charge < -0.3 is 4.74 Å². The largest absolute Gasteiger partial charge is 0.573 e. The Hall–Kier alpha value is -2.25. The summed E-state index contributed by atoms with van der Waals surface area (Å²) in [6, 6.07) is 3.44. The zero-order valence-electron chi connectivity index (χ0n) is 15.6. The summed E-state index contributed by atoms with van der Waals surface area (Å²) in [7, 11) is 0. The van der Waals surface area contributed by atoms with Gasteiger partial charge in [-0.05, 0) is 79.3 Å². The van der Waals surface area contributed by atoms with Crippen LogP contribution in [0.3, 0.4) is 0 Å². The van der Waals surface area contributed by atoms with Gasteiger partial charge in [-0.3, -0.25) is 0 Å². The highest BCUT2D eigenvalue weighted by Crippen LogP contribution is 2.37. The highest BCUT2D eigenvalue weighted by atomic mass is 19.4. The van der Waals surface area contributed by atoms with E-state index in [4.69, 9.17) is 0 Å². The van der Waals surface area contributed by atoms with Crippen LogP contribution in [0.1, 0.15) is 42.0 Å². The predicted octanol–water partition coefficient (Wildman–Crippen LogP) is 6.44. The van der Waals surface area contributed by atoms with Crippen molar-refractivity contribution >= 4 is 0 Å². The van der Waals surface area contributed by atoms with Gasteiger partial charge in [0.15, 0.2) is 11.6 Å². The first-order valence-corrected chi connectivity index (χ1v) is 9.31. The molecule has 1 aliphatic rings. The molecule has 0 amide bonds. The summed E-state index contributed by atoms with van der Waals surface area (Å²) in [5.74, 6) is -5.56. The molecule has 1 atom stereocenters. The van der Waals surface area contributed by atoms with E-state index in [-0.39, 0.29) is 41.9 Å². The molecule has 1 unspecified atom stereocenters. The molecule has 1 aliphatic carbocycles. The molecule has 0 aliphatic heterocycles. The number of rotatable bonds is 5. The first-order valence-electron chi connectivity index (χ1n) is 9.31. The van der Waals surface area contributed by atoms with Crippen molar-refractivity contribution in [1.82, 2.24) is 0 Å². The smallest absolute Gasteiger partial charge is 0.399 e. The van der Waals surface area contributed by atoms with Gasteiger partial charge >= 0.3 is 6.36 Å². The van der Waals surface area contributed by atoms with Crippen LogP contribution in [0, 0.1) is 29.2 Å². The van der Waals surface area contributed by atoms with Crippen LogP contribution in [0.5, 0.6) is 5.75 Å². The number of aryl methyl sites for hydroxylation is 1. The Morgan fingerprint density at radius 1 is 1.00 bits per heavy atom. The molecule has 1 nitrogen and oxygen atoms in total. The molecule has 2 aromatic rings. The number of halogens is 7. The molecule has 3 rings (SSSR count). The van der Waals surface area contributed by atoms with E-state index in [9.17, 15) is 30.7 Å². The second kappa shape index (κ2) is 8.24. The third-order valence-corrected chi connectivity index (χ3v) is 5.31. The normalized spacial score (nSPS) is 16.6. The molecule has 8 heteroatoms. The lowest BCUT2D eigenvalue weighted by Crippen LogP contribution is -2.22. The van der Waals surface area contributed by atoms with Crippen molar-refractivity contribution in [1.29, 1.82) is 0 Å². The number of alkyl halides is 3. The van der Waals surface area contributed by atoms with Crippen LogP contribution in [-0.2, 0) is 25.7 Å². The van der Waals surface area contributed by atoms with Crippen molar-refractivity contribution in [3.63, 3.8) is 0 Å². The van der Waals surface area contributed by atoms with Crippen molar-refractivity contribution in [3.05, 3.63) is 63.7 Å². The van der Waals surface area contributed by atoms with E-state index in [1.165, 1.54) is 12.1 Å². The van der Waals surface area contributed by atoms with Crippen LogP contribution in [0.15, 0.2) is 18.2 Å². The quantitative estimate of drug-likeness (QED) is 0.506. The maximum absolute atomic E-state index is 14.3. The van der Waals surface area contributed by atoms with Crippen LogP contribution >= 0.6 is 0 Å². The number of benzene rings is 2. The molecule has 0 radical (unpaired) electrons. The average molecular weight is 420 g/mol. The zero-order chi connectivity index (χ0) is 21.3. The van der Waals surface area contributed by atoms with Gasteiger partial charge in [0.05, 0.1) is 0 Å². The Labute approximate surface area is 163 Å². The molecule has 0 N–H and O–H groups in total. The topological polar surface area (TPSA) is 9.23 Å². The molecule has 0 fully saturated rings. The maximum atomic E-state index is 14.3. The van der Waals surface area contributed by atoms with Crippen molar-refractivity contribution in [2.75, 3.05) is 0 Å². The highest BCUT2D eigenvalue weighted by molar-refractivity contribution is 5.41. The van der Waals surface area contributed by atoms with Crippen LogP contribution in [0.2, 0.25) is 0 Å². The molecule has 0 heterocycles. The van der Waals surface area contributed by atoms with Gasteiger partial charge in [-0.25, -0.2) is 17.6 Å². The molecule has 0 spiro atoms. The molecule has 0 bridgehead atoms. The molecule has 0 saturated heterocycles. The Bertz CT molecular complexity index is 882. The van der Waals surface area contributed by atoms with Gasteiger partial charge in [0.2, 0.25) is 5.75 Å². The van der Waals surface area contributed by atoms with E-state index in [1.54, 1.807) is 6.92 Å². The maximum Gasteiger partial charge on any atom is 0.573 e. The Morgan fingerprint density at radius 2 is 1.66 bits per heavy atom. The monoisotopic (exact) mass is 420 g/mol. The second-order valence-corrected chi connectivity index (χ2v) is 7.23. The van der Waals surface area contributed by atoms with Crippen molar-refractivity contribution in [2.24, 2.45) is 5.92 Å². The summed E-state index contributed by atoms with van der Waals surface area (Å²) in [6.45, 7) is 1.79. The fourth-order valence-corrected chi connectivity index (χ4v) is 3.81. The molecular formula is C21H19F7O. The third-order valence-electron chi connectivity index (χ3n) is 5.31. The first kappa shape index (κ1) is 21.5. The van der Waals surface area contributed by atoms with E-state index in [0.717, 1.165) is 6.07 Å². The van der Waals surface area contributed by atoms with E-state index in [1.807, 2.05) is 0 Å². The van der Waals surface area contributed by atoms with E-state index in [0.29, 0.717) is 24.8 Å². The van der Waals surface area contributed by atoms with Crippen molar-refractivity contribution < 1.29 is 35.5 Å². The fraction of sp³-hybridized carbons (Fsp3) is 0.429. The average Bonchev–Trinajstić information content (AvgIpc) is 2.63. The number of ether oxygens (including phenoxy) is 1. The number of fused-ring (bicyclic) bond motifs is 1. The van der Waals surface area contributed by atoms with Gasteiger partial charge in [-0.2, -0.15) is 0 Å². The first-order chi connectivity index (χ1) is 13.6.